The number of carbonyl (C=O) groups is 2. The van der Waals surface area contributed by atoms with Gasteiger partial charge in [0, 0.05) is 31.7 Å². The average Bonchev–Trinajstić information content (AvgIpc) is 2.59. The number of nitrogens with zero attached hydrogens (tertiary/aromatic N) is 3. The summed E-state index contributed by atoms with van der Waals surface area (Å²) < 4.78 is 5.42. The maximum absolute atomic E-state index is 12.2. The van der Waals surface area contributed by atoms with E-state index in [-0.39, 0.29) is 12.1 Å². The van der Waals surface area contributed by atoms with Crippen LogP contribution in [0.5, 0.6) is 0 Å². The Hall–Kier alpha value is -2.55. The first-order chi connectivity index (χ1) is 11.7. The number of hydrogen-bond acceptors (Lipinski definition) is 5. The summed E-state index contributed by atoms with van der Waals surface area (Å²) in [6.45, 7) is 7.05. The van der Waals surface area contributed by atoms with Crippen molar-refractivity contribution in [2.45, 2.75) is 45.3 Å². The van der Waals surface area contributed by atoms with Crippen LogP contribution in [0.3, 0.4) is 0 Å². The maximum atomic E-state index is 12.2. The fraction of sp³-hybridized carbons (Fsp3) is 0.526. The molecule has 0 N–H and O–H groups in total. The van der Waals surface area contributed by atoms with Crippen LogP contribution in [0.1, 0.15) is 49.5 Å². The number of carbonyl (C=O) groups excluding carboxylic acids is 2. The highest BCUT2D eigenvalue weighted by atomic mass is 16.6. The highest BCUT2D eigenvalue weighted by Gasteiger charge is 2.29. The lowest BCUT2D eigenvalue weighted by Gasteiger charge is -2.38. The molecule has 0 aliphatic carbocycles. The van der Waals surface area contributed by atoms with Gasteiger partial charge in [0.1, 0.15) is 18.0 Å². The zero-order chi connectivity index (χ0) is 18.6. The van der Waals surface area contributed by atoms with Crippen LogP contribution in [0.4, 0.5) is 10.5 Å². The molecule has 0 aromatic heterocycles. The standard InChI is InChI=1S/C19H25N3O3/c1-19(2,3)25-18(24)21(4)16-7-9-22(10-8-16)17-6-5-14(13-23)11-15(17)12-20/h5-6,11,13,16H,7-10H2,1-4H3. The van der Waals surface area contributed by atoms with Gasteiger partial charge >= 0.3 is 6.09 Å². The van der Waals surface area contributed by atoms with Gasteiger partial charge in [0.05, 0.1) is 11.3 Å². The molecule has 1 fully saturated rings. The third kappa shape index (κ3) is 4.72. The zero-order valence-electron chi connectivity index (χ0n) is 15.3. The number of rotatable bonds is 3. The summed E-state index contributed by atoms with van der Waals surface area (Å²) in [5, 5.41) is 9.33. The van der Waals surface area contributed by atoms with E-state index in [4.69, 9.17) is 4.74 Å². The number of aldehydes is 1. The zero-order valence-corrected chi connectivity index (χ0v) is 15.3. The van der Waals surface area contributed by atoms with Gasteiger partial charge in [-0.15, -0.1) is 0 Å². The SMILES string of the molecule is CN(C(=O)OC(C)(C)C)C1CCN(c2ccc(C=O)cc2C#N)CC1. The second-order valence-corrected chi connectivity index (χ2v) is 7.32. The Kier molecular flexibility index (Phi) is 5.68. The minimum atomic E-state index is -0.506. The van der Waals surface area contributed by atoms with Crippen LogP contribution in [0, 0.1) is 11.3 Å². The smallest absolute Gasteiger partial charge is 0.410 e. The lowest BCUT2D eigenvalue weighted by Crippen LogP contribution is -2.47. The van der Waals surface area contributed by atoms with Crippen LogP contribution in [-0.4, -0.2) is 49.1 Å². The predicted octanol–water partition coefficient (Wildman–Crippen LogP) is 3.21. The van der Waals surface area contributed by atoms with Crippen molar-refractivity contribution in [3.8, 4) is 6.07 Å². The first-order valence-corrected chi connectivity index (χ1v) is 8.45. The second kappa shape index (κ2) is 7.56. The molecule has 6 heteroatoms. The minimum Gasteiger partial charge on any atom is -0.444 e. The van der Waals surface area contributed by atoms with Crippen LogP contribution < -0.4 is 4.90 Å². The van der Waals surface area contributed by atoms with Gasteiger partial charge in [-0.2, -0.15) is 5.26 Å². The van der Waals surface area contributed by atoms with Crippen LogP contribution in [0.2, 0.25) is 0 Å². The molecule has 1 saturated heterocycles. The van der Waals surface area contributed by atoms with Gasteiger partial charge in [-0.3, -0.25) is 4.79 Å². The van der Waals surface area contributed by atoms with E-state index in [0.717, 1.165) is 37.9 Å². The molecule has 2 rings (SSSR count). The third-order valence-electron chi connectivity index (χ3n) is 4.31. The molecule has 1 aromatic carbocycles. The van der Waals surface area contributed by atoms with Crippen molar-refractivity contribution in [2.24, 2.45) is 0 Å². The van der Waals surface area contributed by atoms with Gasteiger partial charge < -0.3 is 14.5 Å². The number of ether oxygens (including phenoxy) is 1. The Labute approximate surface area is 149 Å². The Morgan fingerprint density at radius 2 is 2.00 bits per heavy atom. The van der Waals surface area contributed by atoms with Gasteiger partial charge in [0.15, 0.2) is 0 Å². The molecule has 0 saturated carbocycles. The van der Waals surface area contributed by atoms with E-state index < -0.39 is 5.60 Å². The van der Waals surface area contributed by atoms with Crippen molar-refractivity contribution in [1.29, 1.82) is 5.26 Å². The number of anilines is 1. The van der Waals surface area contributed by atoms with Crippen molar-refractivity contribution >= 4 is 18.1 Å². The van der Waals surface area contributed by atoms with Crippen molar-refractivity contribution in [3.05, 3.63) is 29.3 Å². The summed E-state index contributed by atoms with van der Waals surface area (Å²) in [6.07, 6.45) is 2.04. The lowest BCUT2D eigenvalue weighted by molar-refractivity contribution is 0.0201. The summed E-state index contributed by atoms with van der Waals surface area (Å²) >= 11 is 0. The van der Waals surface area contributed by atoms with Crippen LogP contribution >= 0.6 is 0 Å². The van der Waals surface area contributed by atoms with Gasteiger partial charge in [0.25, 0.3) is 0 Å². The number of hydrogen-bond donors (Lipinski definition) is 0. The average molecular weight is 343 g/mol. The summed E-state index contributed by atoms with van der Waals surface area (Å²) in [5.41, 5.74) is 1.34. The first kappa shape index (κ1) is 18.8. The molecule has 134 valence electrons. The molecule has 6 nitrogen and oxygen atoms in total. The molecule has 1 aromatic rings. The molecular weight excluding hydrogens is 318 g/mol. The first-order valence-electron chi connectivity index (χ1n) is 8.45. The monoisotopic (exact) mass is 343 g/mol. The molecule has 0 spiro atoms. The fourth-order valence-corrected chi connectivity index (χ4v) is 2.97. The highest BCUT2D eigenvalue weighted by Crippen LogP contribution is 2.26. The third-order valence-corrected chi connectivity index (χ3v) is 4.31. The van der Waals surface area contributed by atoms with Gasteiger partial charge in [-0.25, -0.2) is 4.79 Å². The largest absolute Gasteiger partial charge is 0.444 e. The summed E-state index contributed by atoms with van der Waals surface area (Å²) in [5.74, 6) is 0. The van der Waals surface area contributed by atoms with E-state index in [1.165, 1.54) is 0 Å². The number of piperidine rings is 1. The van der Waals surface area contributed by atoms with Gasteiger partial charge in [-0.1, -0.05) is 0 Å². The number of nitriles is 1. The molecule has 1 aliphatic heterocycles. The van der Waals surface area contributed by atoms with E-state index in [1.807, 2.05) is 26.8 Å². The van der Waals surface area contributed by atoms with Crippen molar-refractivity contribution in [1.82, 2.24) is 4.90 Å². The Morgan fingerprint density at radius 1 is 1.36 bits per heavy atom. The number of amides is 1. The molecule has 1 aliphatic rings. The van der Waals surface area contributed by atoms with Gasteiger partial charge in [-0.05, 0) is 51.8 Å². The second-order valence-electron chi connectivity index (χ2n) is 7.32. The van der Waals surface area contributed by atoms with Crippen molar-refractivity contribution in [3.63, 3.8) is 0 Å². The maximum Gasteiger partial charge on any atom is 0.410 e. The van der Waals surface area contributed by atoms with E-state index in [2.05, 4.69) is 11.0 Å². The molecule has 1 amide bonds. The van der Waals surface area contributed by atoms with Crippen molar-refractivity contribution < 1.29 is 14.3 Å². The van der Waals surface area contributed by atoms with E-state index >= 15 is 0 Å². The Morgan fingerprint density at radius 3 is 2.52 bits per heavy atom. The molecule has 25 heavy (non-hydrogen) atoms. The Bertz CT molecular complexity index is 680. The summed E-state index contributed by atoms with van der Waals surface area (Å²) in [7, 11) is 1.77. The minimum absolute atomic E-state index is 0.117. The summed E-state index contributed by atoms with van der Waals surface area (Å²) in [6, 6.07) is 7.43. The topological polar surface area (TPSA) is 73.6 Å². The normalized spacial score (nSPS) is 15.4. The van der Waals surface area contributed by atoms with Crippen molar-refractivity contribution in [2.75, 3.05) is 25.0 Å². The molecule has 0 radical (unpaired) electrons. The molecular formula is C19H25N3O3. The molecule has 0 atom stereocenters. The van der Waals surface area contributed by atoms with Gasteiger partial charge in [0.2, 0.25) is 0 Å². The van der Waals surface area contributed by atoms with Crippen LogP contribution in [0.15, 0.2) is 18.2 Å². The lowest BCUT2D eigenvalue weighted by atomic mass is 10.0. The molecule has 1 heterocycles. The fourth-order valence-electron chi connectivity index (χ4n) is 2.97. The van der Waals surface area contributed by atoms with Crippen LogP contribution in [0.25, 0.3) is 0 Å². The summed E-state index contributed by atoms with van der Waals surface area (Å²) in [4.78, 5) is 26.9. The van der Waals surface area contributed by atoms with Crippen LogP contribution in [-0.2, 0) is 4.74 Å². The van der Waals surface area contributed by atoms with E-state index in [9.17, 15) is 14.9 Å². The Balaban J connectivity index is 2.01. The van der Waals surface area contributed by atoms with E-state index in [1.54, 1.807) is 24.1 Å². The number of benzene rings is 1. The predicted molar refractivity (Wildman–Crippen MR) is 95.8 cm³/mol. The highest BCUT2D eigenvalue weighted by molar-refractivity contribution is 5.78. The molecule has 0 bridgehead atoms. The molecule has 0 unspecified atom stereocenters. The quantitative estimate of drug-likeness (QED) is 0.788. The van der Waals surface area contributed by atoms with E-state index in [0.29, 0.717) is 11.1 Å².